The Kier molecular flexibility index (Phi) is 7.20. The lowest BCUT2D eigenvalue weighted by Crippen LogP contribution is -2.53. The summed E-state index contributed by atoms with van der Waals surface area (Å²) in [5, 5.41) is 8.83. The second-order valence-corrected chi connectivity index (χ2v) is 6.21. The van der Waals surface area contributed by atoms with Crippen molar-refractivity contribution in [1.82, 2.24) is 25.5 Å². The SMILES string of the molecule is CC1CN(C(C)CNC(=O)NCCNc2cnccn2)CC(C)O1. The lowest BCUT2D eigenvalue weighted by molar-refractivity contribution is -0.0778. The van der Waals surface area contributed by atoms with E-state index in [1.807, 2.05) is 0 Å². The van der Waals surface area contributed by atoms with Gasteiger partial charge in [0.15, 0.2) is 0 Å². The molecule has 1 aliphatic heterocycles. The van der Waals surface area contributed by atoms with Crippen LogP contribution in [0.1, 0.15) is 20.8 Å². The number of rotatable bonds is 7. The zero-order valence-electron chi connectivity index (χ0n) is 14.7. The summed E-state index contributed by atoms with van der Waals surface area (Å²) >= 11 is 0. The van der Waals surface area contributed by atoms with Gasteiger partial charge >= 0.3 is 6.03 Å². The van der Waals surface area contributed by atoms with Crippen molar-refractivity contribution in [2.75, 3.05) is 38.0 Å². The quantitative estimate of drug-likeness (QED) is 0.635. The summed E-state index contributed by atoms with van der Waals surface area (Å²) in [5.74, 6) is 0.698. The maximum atomic E-state index is 11.8. The summed E-state index contributed by atoms with van der Waals surface area (Å²) in [5.41, 5.74) is 0. The van der Waals surface area contributed by atoms with E-state index in [0.29, 0.717) is 25.5 Å². The molecule has 0 saturated carbocycles. The molecule has 134 valence electrons. The maximum absolute atomic E-state index is 11.8. The molecule has 1 fully saturated rings. The van der Waals surface area contributed by atoms with E-state index in [4.69, 9.17) is 4.74 Å². The summed E-state index contributed by atoms with van der Waals surface area (Å²) in [4.78, 5) is 22.3. The number of amides is 2. The van der Waals surface area contributed by atoms with Crippen LogP contribution < -0.4 is 16.0 Å². The fraction of sp³-hybridized carbons (Fsp3) is 0.688. The molecule has 8 heteroatoms. The highest BCUT2D eigenvalue weighted by Crippen LogP contribution is 2.13. The molecule has 2 rings (SSSR count). The third-order valence-corrected chi connectivity index (χ3v) is 3.91. The van der Waals surface area contributed by atoms with Crippen LogP contribution >= 0.6 is 0 Å². The Hall–Kier alpha value is -1.93. The van der Waals surface area contributed by atoms with Crippen LogP contribution in [0, 0.1) is 0 Å². The average molecular weight is 336 g/mol. The van der Waals surface area contributed by atoms with Crippen molar-refractivity contribution in [2.45, 2.75) is 39.0 Å². The van der Waals surface area contributed by atoms with Gasteiger partial charge in [-0.1, -0.05) is 0 Å². The first-order valence-electron chi connectivity index (χ1n) is 8.45. The summed E-state index contributed by atoms with van der Waals surface area (Å²) in [6.07, 6.45) is 5.35. The van der Waals surface area contributed by atoms with Crippen LogP contribution in [0.5, 0.6) is 0 Å². The number of nitrogens with zero attached hydrogens (tertiary/aromatic N) is 3. The fourth-order valence-electron chi connectivity index (χ4n) is 2.77. The minimum Gasteiger partial charge on any atom is -0.373 e. The Labute approximate surface area is 143 Å². The molecule has 3 N–H and O–H groups in total. The number of ether oxygens (including phenoxy) is 1. The van der Waals surface area contributed by atoms with Crippen LogP contribution in [-0.4, -0.2) is 71.9 Å². The normalized spacial score (nSPS) is 22.6. The number of carbonyl (C=O) groups is 1. The lowest BCUT2D eigenvalue weighted by Gasteiger charge is -2.38. The molecular formula is C16H28N6O2. The Morgan fingerprint density at radius 2 is 2.04 bits per heavy atom. The van der Waals surface area contributed by atoms with Crippen LogP contribution in [0.3, 0.4) is 0 Å². The topological polar surface area (TPSA) is 91.4 Å². The van der Waals surface area contributed by atoms with Crippen LogP contribution in [0.4, 0.5) is 10.6 Å². The monoisotopic (exact) mass is 336 g/mol. The van der Waals surface area contributed by atoms with Crippen molar-refractivity contribution in [2.24, 2.45) is 0 Å². The summed E-state index contributed by atoms with van der Waals surface area (Å²) in [7, 11) is 0. The van der Waals surface area contributed by atoms with Gasteiger partial charge in [0.1, 0.15) is 5.82 Å². The Balaban J connectivity index is 1.58. The number of hydrogen-bond donors (Lipinski definition) is 3. The summed E-state index contributed by atoms with van der Waals surface area (Å²) in [6.45, 7) is 9.82. The zero-order valence-corrected chi connectivity index (χ0v) is 14.7. The zero-order chi connectivity index (χ0) is 17.4. The predicted octanol–water partition coefficient (Wildman–Crippen LogP) is 0.685. The van der Waals surface area contributed by atoms with E-state index < -0.39 is 0 Å². The molecule has 2 heterocycles. The lowest BCUT2D eigenvalue weighted by atomic mass is 10.2. The second kappa shape index (κ2) is 9.39. The van der Waals surface area contributed by atoms with E-state index >= 15 is 0 Å². The number of urea groups is 1. The van der Waals surface area contributed by atoms with Gasteiger partial charge in [-0.3, -0.25) is 9.88 Å². The van der Waals surface area contributed by atoms with Gasteiger partial charge < -0.3 is 20.7 Å². The van der Waals surface area contributed by atoms with Gasteiger partial charge in [0, 0.05) is 51.2 Å². The molecule has 1 saturated heterocycles. The van der Waals surface area contributed by atoms with Crippen molar-refractivity contribution >= 4 is 11.8 Å². The standard InChI is InChI=1S/C16H28N6O2/c1-12(22-10-13(2)24-14(3)11-22)8-21-16(23)20-7-6-19-15-9-17-4-5-18-15/h4-5,9,12-14H,6-8,10-11H2,1-3H3,(H,18,19)(H2,20,21,23). The highest BCUT2D eigenvalue weighted by atomic mass is 16.5. The van der Waals surface area contributed by atoms with Crippen molar-refractivity contribution in [3.8, 4) is 0 Å². The summed E-state index contributed by atoms with van der Waals surface area (Å²) < 4.78 is 5.74. The molecule has 3 atom stereocenters. The number of anilines is 1. The number of nitrogens with one attached hydrogen (secondary N) is 3. The highest BCUT2D eigenvalue weighted by Gasteiger charge is 2.25. The van der Waals surface area contributed by atoms with E-state index in [2.05, 4.69) is 51.6 Å². The third-order valence-electron chi connectivity index (χ3n) is 3.91. The molecule has 1 aromatic heterocycles. The van der Waals surface area contributed by atoms with E-state index in [1.165, 1.54) is 0 Å². The molecule has 0 spiro atoms. The summed E-state index contributed by atoms with van der Waals surface area (Å²) in [6, 6.07) is 0.124. The van der Waals surface area contributed by atoms with Gasteiger partial charge in [-0.05, 0) is 20.8 Å². The largest absolute Gasteiger partial charge is 0.373 e. The number of morpholine rings is 1. The molecule has 0 aliphatic carbocycles. The fourth-order valence-corrected chi connectivity index (χ4v) is 2.77. The van der Waals surface area contributed by atoms with Crippen LogP contribution in [0.2, 0.25) is 0 Å². The molecule has 8 nitrogen and oxygen atoms in total. The molecule has 0 bridgehead atoms. The predicted molar refractivity (Wildman–Crippen MR) is 93.0 cm³/mol. The number of hydrogen-bond acceptors (Lipinski definition) is 6. The van der Waals surface area contributed by atoms with E-state index in [-0.39, 0.29) is 24.3 Å². The van der Waals surface area contributed by atoms with Crippen LogP contribution in [0.15, 0.2) is 18.6 Å². The minimum atomic E-state index is -0.155. The average Bonchev–Trinajstić information content (AvgIpc) is 2.56. The number of aromatic nitrogens is 2. The molecule has 1 aromatic rings. The minimum absolute atomic E-state index is 0.155. The Morgan fingerprint density at radius 1 is 1.29 bits per heavy atom. The van der Waals surface area contributed by atoms with Crippen molar-refractivity contribution in [1.29, 1.82) is 0 Å². The smallest absolute Gasteiger partial charge is 0.314 e. The Morgan fingerprint density at radius 3 is 2.71 bits per heavy atom. The molecule has 24 heavy (non-hydrogen) atoms. The highest BCUT2D eigenvalue weighted by molar-refractivity contribution is 5.73. The third kappa shape index (κ3) is 6.29. The first kappa shape index (κ1) is 18.4. The Bertz CT molecular complexity index is 491. The van der Waals surface area contributed by atoms with Gasteiger partial charge in [0.25, 0.3) is 0 Å². The van der Waals surface area contributed by atoms with Gasteiger partial charge in [-0.25, -0.2) is 9.78 Å². The molecule has 0 aromatic carbocycles. The molecule has 1 aliphatic rings. The molecule has 0 radical (unpaired) electrons. The number of carbonyl (C=O) groups excluding carboxylic acids is 1. The van der Waals surface area contributed by atoms with Crippen LogP contribution in [-0.2, 0) is 4.74 Å². The van der Waals surface area contributed by atoms with E-state index in [9.17, 15) is 4.79 Å². The van der Waals surface area contributed by atoms with Crippen LogP contribution in [0.25, 0.3) is 0 Å². The van der Waals surface area contributed by atoms with Crippen molar-refractivity contribution in [3.63, 3.8) is 0 Å². The molecular weight excluding hydrogens is 308 g/mol. The van der Waals surface area contributed by atoms with Gasteiger partial charge in [0.2, 0.25) is 0 Å². The van der Waals surface area contributed by atoms with Gasteiger partial charge in [-0.2, -0.15) is 0 Å². The first-order chi connectivity index (χ1) is 11.5. The second-order valence-electron chi connectivity index (χ2n) is 6.21. The maximum Gasteiger partial charge on any atom is 0.314 e. The van der Waals surface area contributed by atoms with E-state index in [0.717, 1.165) is 13.1 Å². The van der Waals surface area contributed by atoms with Gasteiger partial charge in [-0.15, -0.1) is 0 Å². The molecule has 3 unspecified atom stereocenters. The van der Waals surface area contributed by atoms with E-state index in [1.54, 1.807) is 18.6 Å². The first-order valence-corrected chi connectivity index (χ1v) is 8.45. The van der Waals surface area contributed by atoms with Crippen molar-refractivity contribution < 1.29 is 9.53 Å². The van der Waals surface area contributed by atoms with Crippen molar-refractivity contribution in [3.05, 3.63) is 18.6 Å². The molecule has 2 amide bonds. The van der Waals surface area contributed by atoms with Gasteiger partial charge in [0.05, 0.1) is 18.4 Å².